The molecule has 3 rings (SSSR count). The number of anilines is 1. The smallest absolute Gasteiger partial charge is 0.272 e. The molecule has 2 heterocycles. The number of benzene rings is 1. The van der Waals surface area contributed by atoms with Gasteiger partial charge in [0.05, 0.1) is 11.8 Å². The normalized spacial score (nSPS) is 11.0. The molecule has 0 aliphatic carbocycles. The van der Waals surface area contributed by atoms with Crippen molar-refractivity contribution < 1.29 is 9.21 Å². The molecule has 1 N–H and O–H groups in total. The van der Waals surface area contributed by atoms with E-state index >= 15 is 0 Å². The Morgan fingerprint density at radius 2 is 2.19 bits per heavy atom. The molecule has 1 aromatic carbocycles. The van der Waals surface area contributed by atoms with Crippen LogP contribution in [-0.4, -0.2) is 16.7 Å². The fourth-order valence-corrected chi connectivity index (χ4v) is 2.88. The topological polar surface area (TPSA) is 47.2 Å². The molecule has 0 radical (unpaired) electrons. The van der Waals surface area contributed by atoms with Crippen LogP contribution < -0.4 is 5.32 Å². The van der Waals surface area contributed by atoms with Crippen LogP contribution in [0.2, 0.25) is 0 Å². The Balaban J connectivity index is 1.84. The number of hydrogen-bond donors (Lipinski definition) is 1. The zero-order valence-corrected chi connectivity index (χ0v) is 12.7. The maximum absolute atomic E-state index is 12.4. The molecule has 0 aliphatic heterocycles. The van der Waals surface area contributed by atoms with Gasteiger partial charge in [-0.2, -0.15) is 11.8 Å². The average Bonchev–Trinajstić information content (AvgIpc) is 3.03. The summed E-state index contributed by atoms with van der Waals surface area (Å²) in [6.45, 7) is 0. The van der Waals surface area contributed by atoms with E-state index in [-0.39, 0.29) is 5.91 Å². The quantitative estimate of drug-likeness (QED) is 0.795. The second-order valence-corrected chi connectivity index (χ2v) is 5.71. The SMILES string of the molecule is CSCc1cccc(NC(=O)c2cc3occc3n2C)c1. The van der Waals surface area contributed by atoms with Crippen molar-refractivity contribution >= 4 is 34.5 Å². The molecule has 0 unspecified atom stereocenters. The predicted molar refractivity (Wildman–Crippen MR) is 86.8 cm³/mol. The molecule has 108 valence electrons. The van der Waals surface area contributed by atoms with E-state index in [2.05, 4.69) is 17.6 Å². The van der Waals surface area contributed by atoms with E-state index in [1.54, 1.807) is 24.1 Å². The minimum atomic E-state index is -0.134. The molecule has 0 saturated heterocycles. The fourth-order valence-electron chi connectivity index (χ4n) is 2.37. The summed E-state index contributed by atoms with van der Waals surface area (Å²) in [6.07, 6.45) is 3.68. The standard InChI is InChI=1S/C16H16N2O2S/c1-18-13-6-7-20-15(13)9-14(18)16(19)17-12-5-3-4-11(8-12)10-21-2/h3-9H,10H2,1-2H3,(H,17,19). The highest BCUT2D eigenvalue weighted by atomic mass is 32.2. The van der Waals surface area contributed by atoms with Gasteiger partial charge < -0.3 is 14.3 Å². The van der Waals surface area contributed by atoms with Crippen LogP contribution in [0, 0.1) is 0 Å². The molecule has 21 heavy (non-hydrogen) atoms. The van der Waals surface area contributed by atoms with Gasteiger partial charge in [0.25, 0.3) is 5.91 Å². The fraction of sp³-hybridized carbons (Fsp3) is 0.188. The number of amides is 1. The molecule has 0 fully saturated rings. The number of nitrogens with one attached hydrogen (secondary N) is 1. The molecule has 0 saturated carbocycles. The first-order valence-corrected chi connectivity index (χ1v) is 8.00. The van der Waals surface area contributed by atoms with Crippen molar-refractivity contribution in [2.24, 2.45) is 7.05 Å². The van der Waals surface area contributed by atoms with Crippen LogP contribution in [0.5, 0.6) is 0 Å². The van der Waals surface area contributed by atoms with Crippen LogP contribution in [0.3, 0.4) is 0 Å². The van der Waals surface area contributed by atoms with Crippen LogP contribution in [0.1, 0.15) is 16.1 Å². The lowest BCUT2D eigenvalue weighted by molar-refractivity contribution is 0.101. The van der Waals surface area contributed by atoms with E-state index in [1.165, 1.54) is 5.56 Å². The first-order chi connectivity index (χ1) is 10.2. The second kappa shape index (κ2) is 5.69. The minimum Gasteiger partial charge on any atom is -0.463 e. The summed E-state index contributed by atoms with van der Waals surface area (Å²) in [5.41, 5.74) is 4.22. The summed E-state index contributed by atoms with van der Waals surface area (Å²) >= 11 is 1.76. The number of aryl methyl sites for hydroxylation is 1. The maximum Gasteiger partial charge on any atom is 0.272 e. The first kappa shape index (κ1) is 13.8. The van der Waals surface area contributed by atoms with Gasteiger partial charge in [-0.1, -0.05) is 12.1 Å². The van der Waals surface area contributed by atoms with Gasteiger partial charge in [0.2, 0.25) is 0 Å². The van der Waals surface area contributed by atoms with Gasteiger partial charge in [0.15, 0.2) is 5.58 Å². The van der Waals surface area contributed by atoms with Crippen molar-refractivity contribution in [3.63, 3.8) is 0 Å². The van der Waals surface area contributed by atoms with Crippen LogP contribution in [0.4, 0.5) is 5.69 Å². The van der Waals surface area contributed by atoms with E-state index in [0.717, 1.165) is 22.5 Å². The average molecular weight is 300 g/mol. The maximum atomic E-state index is 12.4. The number of furan rings is 1. The number of thioether (sulfide) groups is 1. The lowest BCUT2D eigenvalue weighted by Gasteiger charge is -2.08. The third kappa shape index (κ3) is 2.69. The number of hydrogen-bond acceptors (Lipinski definition) is 3. The molecule has 3 aromatic rings. The first-order valence-electron chi connectivity index (χ1n) is 6.61. The lowest BCUT2D eigenvalue weighted by Crippen LogP contribution is -2.15. The van der Waals surface area contributed by atoms with Crippen molar-refractivity contribution in [3.8, 4) is 0 Å². The van der Waals surface area contributed by atoms with Crippen molar-refractivity contribution in [2.75, 3.05) is 11.6 Å². The Labute approximate surface area is 127 Å². The number of fused-ring (bicyclic) bond motifs is 1. The van der Waals surface area contributed by atoms with E-state index in [0.29, 0.717) is 5.69 Å². The van der Waals surface area contributed by atoms with E-state index in [9.17, 15) is 4.79 Å². The van der Waals surface area contributed by atoms with Crippen LogP contribution >= 0.6 is 11.8 Å². The van der Waals surface area contributed by atoms with Gasteiger partial charge in [-0.3, -0.25) is 4.79 Å². The van der Waals surface area contributed by atoms with Gasteiger partial charge in [0, 0.05) is 30.6 Å². The summed E-state index contributed by atoms with van der Waals surface area (Å²) < 4.78 is 7.16. The molecular weight excluding hydrogens is 284 g/mol. The highest BCUT2D eigenvalue weighted by Crippen LogP contribution is 2.21. The van der Waals surface area contributed by atoms with Crippen molar-refractivity contribution in [2.45, 2.75) is 5.75 Å². The van der Waals surface area contributed by atoms with Crippen LogP contribution in [0.25, 0.3) is 11.1 Å². The summed E-state index contributed by atoms with van der Waals surface area (Å²) in [7, 11) is 1.86. The molecule has 0 bridgehead atoms. The molecule has 5 heteroatoms. The Kier molecular flexibility index (Phi) is 3.75. The van der Waals surface area contributed by atoms with Gasteiger partial charge in [-0.15, -0.1) is 0 Å². The Hall–Kier alpha value is -2.14. The van der Waals surface area contributed by atoms with Crippen molar-refractivity contribution in [1.29, 1.82) is 0 Å². The van der Waals surface area contributed by atoms with Gasteiger partial charge in [-0.25, -0.2) is 0 Å². The van der Waals surface area contributed by atoms with Gasteiger partial charge in [-0.05, 0) is 24.0 Å². The molecule has 0 spiro atoms. The lowest BCUT2D eigenvalue weighted by atomic mass is 10.2. The number of carbonyl (C=O) groups excluding carboxylic acids is 1. The molecular formula is C16H16N2O2S. The van der Waals surface area contributed by atoms with Crippen molar-refractivity contribution in [1.82, 2.24) is 4.57 Å². The molecule has 0 atom stereocenters. The van der Waals surface area contributed by atoms with E-state index in [1.807, 2.05) is 35.9 Å². The van der Waals surface area contributed by atoms with E-state index in [4.69, 9.17) is 4.42 Å². The second-order valence-electron chi connectivity index (χ2n) is 4.85. The largest absolute Gasteiger partial charge is 0.463 e. The third-order valence-electron chi connectivity index (χ3n) is 3.39. The number of rotatable bonds is 4. The minimum absolute atomic E-state index is 0.134. The van der Waals surface area contributed by atoms with Gasteiger partial charge >= 0.3 is 0 Å². The summed E-state index contributed by atoms with van der Waals surface area (Å²) in [5.74, 6) is 0.797. The molecule has 1 amide bonds. The Morgan fingerprint density at radius 3 is 2.95 bits per heavy atom. The molecule has 2 aromatic heterocycles. The highest BCUT2D eigenvalue weighted by molar-refractivity contribution is 7.97. The van der Waals surface area contributed by atoms with Crippen molar-refractivity contribution in [3.05, 3.63) is 53.9 Å². The molecule has 0 aliphatic rings. The predicted octanol–water partition coefficient (Wildman–Crippen LogP) is 3.89. The van der Waals surface area contributed by atoms with E-state index < -0.39 is 0 Å². The highest BCUT2D eigenvalue weighted by Gasteiger charge is 2.15. The van der Waals surface area contributed by atoms with Gasteiger partial charge in [0.1, 0.15) is 5.69 Å². The molecule has 4 nitrogen and oxygen atoms in total. The number of nitrogens with zero attached hydrogens (tertiary/aromatic N) is 1. The third-order valence-corrected chi connectivity index (χ3v) is 4.01. The number of aromatic nitrogens is 1. The zero-order chi connectivity index (χ0) is 14.8. The van der Waals surface area contributed by atoms with Crippen LogP contribution in [-0.2, 0) is 12.8 Å². The monoisotopic (exact) mass is 300 g/mol. The zero-order valence-electron chi connectivity index (χ0n) is 11.9. The Morgan fingerprint density at radius 1 is 1.33 bits per heavy atom. The number of carbonyl (C=O) groups is 1. The summed E-state index contributed by atoms with van der Waals surface area (Å²) in [4.78, 5) is 12.4. The Bertz CT molecular complexity index is 789. The summed E-state index contributed by atoms with van der Waals surface area (Å²) in [6, 6.07) is 11.5. The van der Waals surface area contributed by atoms with Crippen LogP contribution in [0.15, 0.2) is 47.1 Å². The summed E-state index contributed by atoms with van der Waals surface area (Å²) in [5, 5.41) is 2.94.